The minimum absolute atomic E-state index is 0.0257. The molecule has 0 spiro atoms. The van der Waals surface area contributed by atoms with Crippen LogP contribution in [0.2, 0.25) is 0 Å². The lowest BCUT2D eigenvalue weighted by atomic mass is 10.0. The van der Waals surface area contributed by atoms with E-state index in [4.69, 9.17) is 6.42 Å². The van der Waals surface area contributed by atoms with Gasteiger partial charge in [0.1, 0.15) is 0 Å². The van der Waals surface area contributed by atoms with Crippen molar-refractivity contribution < 1.29 is 4.79 Å². The fraction of sp³-hybridized carbons (Fsp3) is 0.118. The zero-order valence-corrected chi connectivity index (χ0v) is 10.1. The van der Waals surface area contributed by atoms with Crippen molar-refractivity contribution in [1.82, 2.24) is 0 Å². The van der Waals surface area contributed by atoms with E-state index in [9.17, 15) is 4.79 Å². The molecule has 0 atom stereocenters. The van der Waals surface area contributed by atoms with Gasteiger partial charge in [-0.3, -0.25) is 4.79 Å². The second-order valence-corrected chi connectivity index (χ2v) is 4.07. The number of allylic oxidation sites excluding steroid dienone is 2. The third-order valence-corrected chi connectivity index (χ3v) is 2.76. The summed E-state index contributed by atoms with van der Waals surface area (Å²) in [5.41, 5.74) is 0.714. The number of terminal acetylenes is 1. The molecule has 2 rings (SSSR count). The predicted octanol–water partition coefficient (Wildman–Crippen LogP) is 3.99. The van der Waals surface area contributed by atoms with Crippen LogP contribution in [0, 0.1) is 12.3 Å². The highest BCUT2D eigenvalue weighted by Crippen LogP contribution is 2.16. The highest BCUT2D eigenvalue weighted by atomic mass is 16.1. The van der Waals surface area contributed by atoms with Crippen LogP contribution in [0.5, 0.6) is 0 Å². The largest absolute Gasteiger partial charge is 0.289 e. The lowest BCUT2D eigenvalue weighted by Gasteiger charge is -2.00. The maximum absolute atomic E-state index is 11.9. The SMILES string of the molecule is C#CCC/C=C/C(=O)c1ccc2ccccc2c1. The molecule has 88 valence electrons. The molecule has 0 N–H and O–H groups in total. The van der Waals surface area contributed by atoms with Crippen LogP contribution >= 0.6 is 0 Å². The van der Waals surface area contributed by atoms with Crippen molar-refractivity contribution in [1.29, 1.82) is 0 Å². The summed E-state index contributed by atoms with van der Waals surface area (Å²) in [5, 5.41) is 2.23. The van der Waals surface area contributed by atoms with Crippen LogP contribution in [0.25, 0.3) is 10.8 Å². The van der Waals surface area contributed by atoms with Gasteiger partial charge in [-0.2, -0.15) is 0 Å². The van der Waals surface area contributed by atoms with Crippen LogP contribution in [-0.4, -0.2) is 5.78 Å². The third kappa shape index (κ3) is 2.87. The van der Waals surface area contributed by atoms with Gasteiger partial charge in [-0.05, 0) is 29.3 Å². The average molecular weight is 234 g/mol. The van der Waals surface area contributed by atoms with Gasteiger partial charge in [0.2, 0.25) is 0 Å². The van der Waals surface area contributed by atoms with Crippen molar-refractivity contribution in [2.45, 2.75) is 12.8 Å². The molecule has 0 amide bonds. The topological polar surface area (TPSA) is 17.1 Å². The molecule has 0 saturated carbocycles. The summed E-state index contributed by atoms with van der Waals surface area (Å²) in [6.45, 7) is 0. The highest BCUT2D eigenvalue weighted by Gasteiger charge is 2.02. The number of ketones is 1. The second-order valence-electron chi connectivity index (χ2n) is 4.07. The minimum Gasteiger partial charge on any atom is -0.289 e. The normalized spacial score (nSPS) is 10.6. The van der Waals surface area contributed by atoms with E-state index in [2.05, 4.69) is 5.92 Å². The minimum atomic E-state index is 0.0257. The second kappa shape index (κ2) is 5.84. The number of carbonyl (C=O) groups is 1. The Morgan fingerprint density at radius 3 is 2.72 bits per heavy atom. The number of rotatable bonds is 4. The molecule has 0 aliphatic carbocycles. The van der Waals surface area contributed by atoms with Gasteiger partial charge in [0.05, 0.1) is 0 Å². The Morgan fingerprint density at radius 2 is 1.94 bits per heavy atom. The van der Waals surface area contributed by atoms with Crippen molar-refractivity contribution in [3.63, 3.8) is 0 Å². The standard InChI is InChI=1S/C17H14O/c1-2-3-4-5-10-17(18)16-12-11-14-8-6-7-9-15(14)13-16/h1,5-13H,3-4H2/b10-5+. The molecular weight excluding hydrogens is 220 g/mol. The Bertz CT molecular complexity index is 629. The molecule has 0 fully saturated rings. The smallest absolute Gasteiger partial charge is 0.185 e. The molecule has 0 aliphatic rings. The van der Waals surface area contributed by atoms with Gasteiger partial charge in [0.25, 0.3) is 0 Å². The lowest BCUT2D eigenvalue weighted by molar-refractivity contribution is 0.104. The summed E-state index contributed by atoms with van der Waals surface area (Å²) < 4.78 is 0. The van der Waals surface area contributed by atoms with E-state index < -0.39 is 0 Å². The number of hydrogen-bond acceptors (Lipinski definition) is 1. The van der Waals surface area contributed by atoms with Crippen LogP contribution in [-0.2, 0) is 0 Å². The number of carbonyl (C=O) groups excluding carboxylic acids is 1. The molecule has 1 heteroatoms. The summed E-state index contributed by atoms with van der Waals surface area (Å²) in [5.74, 6) is 2.57. The van der Waals surface area contributed by atoms with Crippen molar-refractivity contribution in [2.75, 3.05) is 0 Å². The highest BCUT2D eigenvalue weighted by molar-refractivity contribution is 6.06. The van der Waals surface area contributed by atoms with E-state index in [-0.39, 0.29) is 5.78 Å². The van der Waals surface area contributed by atoms with Gasteiger partial charge in [0, 0.05) is 12.0 Å². The van der Waals surface area contributed by atoms with Gasteiger partial charge < -0.3 is 0 Å². The lowest BCUT2D eigenvalue weighted by Crippen LogP contribution is -1.93. The van der Waals surface area contributed by atoms with E-state index >= 15 is 0 Å². The quantitative estimate of drug-likeness (QED) is 0.338. The molecule has 0 unspecified atom stereocenters. The van der Waals surface area contributed by atoms with E-state index in [0.29, 0.717) is 12.0 Å². The first-order valence-electron chi connectivity index (χ1n) is 5.94. The molecule has 0 heterocycles. The summed E-state index contributed by atoms with van der Waals surface area (Å²) >= 11 is 0. The maximum Gasteiger partial charge on any atom is 0.185 e. The van der Waals surface area contributed by atoms with Crippen LogP contribution in [0.1, 0.15) is 23.2 Å². The van der Waals surface area contributed by atoms with Gasteiger partial charge >= 0.3 is 0 Å². The van der Waals surface area contributed by atoms with Crippen LogP contribution in [0.4, 0.5) is 0 Å². The zero-order chi connectivity index (χ0) is 12.8. The molecule has 0 bridgehead atoms. The van der Waals surface area contributed by atoms with E-state index in [1.54, 1.807) is 6.08 Å². The van der Waals surface area contributed by atoms with Gasteiger partial charge in [-0.25, -0.2) is 0 Å². The molecule has 2 aromatic carbocycles. The third-order valence-electron chi connectivity index (χ3n) is 2.76. The van der Waals surface area contributed by atoms with Crippen molar-refractivity contribution >= 4 is 16.6 Å². The van der Waals surface area contributed by atoms with Gasteiger partial charge in [-0.15, -0.1) is 12.3 Å². The molecular formula is C17H14O. The van der Waals surface area contributed by atoms with Gasteiger partial charge in [-0.1, -0.05) is 42.5 Å². The van der Waals surface area contributed by atoms with Crippen LogP contribution in [0.15, 0.2) is 54.6 Å². The van der Waals surface area contributed by atoms with Crippen LogP contribution in [0.3, 0.4) is 0 Å². The number of unbranched alkanes of at least 4 members (excludes halogenated alkanes) is 1. The molecule has 0 saturated heterocycles. The molecule has 0 aliphatic heterocycles. The monoisotopic (exact) mass is 234 g/mol. The van der Waals surface area contributed by atoms with E-state index in [1.807, 2.05) is 48.5 Å². The Hall–Kier alpha value is -2.33. The van der Waals surface area contributed by atoms with E-state index in [1.165, 1.54) is 0 Å². The first-order valence-corrected chi connectivity index (χ1v) is 5.94. The Morgan fingerprint density at radius 1 is 1.17 bits per heavy atom. The molecule has 1 nitrogen and oxygen atoms in total. The average Bonchev–Trinajstić information content (AvgIpc) is 2.43. The first-order chi connectivity index (χ1) is 8.81. The Kier molecular flexibility index (Phi) is 3.94. The van der Waals surface area contributed by atoms with E-state index in [0.717, 1.165) is 17.2 Å². The van der Waals surface area contributed by atoms with Crippen molar-refractivity contribution in [2.24, 2.45) is 0 Å². The summed E-state index contributed by atoms with van der Waals surface area (Å²) in [6, 6.07) is 13.8. The zero-order valence-electron chi connectivity index (χ0n) is 10.1. The predicted molar refractivity (Wildman–Crippen MR) is 75.5 cm³/mol. The molecule has 0 aromatic heterocycles. The molecule has 18 heavy (non-hydrogen) atoms. The fourth-order valence-electron chi connectivity index (χ4n) is 1.80. The summed E-state index contributed by atoms with van der Waals surface area (Å²) in [4.78, 5) is 11.9. The number of fused-ring (bicyclic) bond motifs is 1. The Balaban J connectivity index is 2.18. The molecule has 2 aromatic rings. The number of benzene rings is 2. The van der Waals surface area contributed by atoms with Crippen molar-refractivity contribution in [3.05, 3.63) is 60.2 Å². The maximum atomic E-state index is 11.9. The first kappa shape index (κ1) is 12.1. The fourth-order valence-corrected chi connectivity index (χ4v) is 1.80. The van der Waals surface area contributed by atoms with Crippen LogP contribution < -0.4 is 0 Å². The van der Waals surface area contributed by atoms with Crippen molar-refractivity contribution in [3.8, 4) is 12.3 Å². The Labute approximate surface area is 107 Å². The summed E-state index contributed by atoms with van der Waals surface area (Å²) in [7, 11) is 0. The van der Waals surface area contributed by atoms with Gasteiger partial charge in [0.15, 0.2) is 5.78 Å². The molecule has 0 radical (unpaired) electrons. The summed E-state index contributed by atoms with van der Waals surface area (Å²) in [6.07, 6.45) is 9.99. The number of hydrogen-bond donors (Lipinski definition) is 0.